The summed E-state index contributed by atoms with van der Waals surface area (Å²) in [5.74, 6) is 0.634. The van der Waals surface area contributed by atoms with Crippen LogP contribution in [0.2, 0.25) is 0 Å². The van der Waals surface area contributed by atoms with Crippen LogP contribution in [-0.2, 0) is 0 Å². The molecular weight excluding hydrogens is 274 g/mol. The van der Waals surface area contributed by atoms with Crippen LogP contribution in [0.4, 0.5) is 0 Å². The minimum absolute atomic E-state index is 0.110. The number of rotatable bonds is 4. The van der Waals surface area contributed by atoms with E-state index in [0.29, 0.717) is 5.56 Å². The summed E-state index contributed by atoms with van der Waals surface area (Å²) in [7, 11) is 0. The van der Waals surface area contributed by atoms with Gasteiger partial charge in [-0.25, -0.2) is 0 Å². The molecule has 0 saturated heterocycles. The fourth-order valence-corrected chi connectivity index (χ4v) is 2.36. The van der Waals surface area contributed by atoms with Crippen LogP contribution in [0.25, 0.3) is 11.1 Å². The van der Waals surface area contributed by atoms with Crippen LogP contribution in [-0.4, -0.2) is 5.91 Å². The maximum absolute atomic E-state index is 12.4. The molecular formula is C19H17NO2. The van der Waals surface area contributed by atoms with Crippen molar-refractivity contribution >= 4 is 5.91 Å². The van der Waals surface area contributed by atoms with Crippen molar-refractivity contribution in [2.75, 3.05) is 0 Å². The Bertz CT molecular complexity index is 748. The standard InChI is InChI=1S/C19H17NO2/c1-14(18-11-6-12-22-18)20-19(21)17-10-5-9-16(13-17)15-7-3-2-4-8-15/h2-14H,1H3,(H,20,21). The Morgan fingerprint density at radius 2 is 1.73 bits per heavy atom. The molecule has 0 fully saturated rings. The van der Waals surface area contributed by atoms with E-state index in [4.69, 9.17) is 4.42 Å². The Labute approximate surface area is 129 Å². The van der Waals surface area contributed by atoms with E-state index in [1.54, 1.807) is 6.26 Å². The van der Waals surface area contributed by atoms with Gasteiger partial charge < -0.3 is 9.73 Å². The second-order valence-electron chi connectivity index (χ2n) is 5.16. The zero-order chi connectivity index (χ0) is 15.4. The molecule has 1 amide bonds. The number of benzene rings is 2. The maximum Gasteiger partial charge on any atom is 0.251 e. The molecule has 1 heterocycles. The topological polar surface area (TPSA) is 42.2 Å². The van der Waals surface area contributed by atoms with E-state index in [1.165, 1.54) is 0 Å². The number of nitrogens with one attached hydrogen (secondary N) is 1. The summed E-state index contributed by atoms with van der Waals surface area (Å²) in [5.41, 5.74) is 2.76. The number of hydrogen-bond donors (Lipinski definition) is 1. The monoisotopic (exact) mass is 291 g/mol. The van der Waals surface area contributed by atoms with Crippen LogP contribution in [0.15, 0.2) is 77.4 Å². The molecule has 1 unspecified atom stereocenters. The van der Waals surface area contributed by atoms with Gasteiger partial charge in [-0.2, -0.15) is 0 Å². The molecule has 2 aromatic carbocycles. The third-order valence-electron chi connectivity index (χ3n) is 3.55. The summed E-state index contributed by atoms with van der Waals surface area (Å²) in [6, 6.07) is 21.1. The first-order chi connectivity index (χ1) is 10.7. The smallest absolute Gasteiger partial charge is 0.251 e. The Morgan fingerprint density at radius 1 is 0.955 bits per heavy atom. The fraction of sp³-hybridized carbons (Fsp3) is 0.105. The van der Waals surface area contributed by atoms with Gasteiger partial charge in [0, 0.05) is 5.56 Å². The van der Waals surface area contributed by atoms with E-state index >= 15 is 0 Å². The lowest BCUT2D eigenvalue weighted by Gasteiger charge is -2.12. The van der Waals surface area contributed by atoms with E-state index in [-0.39, 0.29) is 11.9 Å². The van der Waals surface area contributed by atoms with Crippen molar-refractivity contribution in [2.45, 2.75) is 13.0 Å². The summed E-state index contributed by atoms with van der Waals surface area (Å²) >= 11 is 0. The van der Waals surface area contributed by atoms with Crippen molar-refractivity contribution < 1.29 is 9.21 Å². The van der Waals surface area contributed by atoms with E-state index in [2.05, 4.69) is 5.32 Å². The summed E-state index contributed by atoms with van der Waals surface area (Å²) in [6.45, 7) is 1.90. The van der Waals surface area contributed by atoms with Crippen LogP contribution in [0.1, 0.15) is 29.1 Å². The van der Waals surface area contributed by atoms with Gasteiger partial charge in [0.05, 0.1) is 12.3 Å². The van der Waals surface area contributed by atoms with Gasteiger partial charge >= 0.3 is 0 Å². The molecule has 22 heavy (non-hydrogen) atoms. The largest absolute Gasteiger partial charge is 0.467 e. The molecule has 3 rings (SSSR count). The lowest BCUT2D eigenvalue weighted by atomic mass is 10.0. The van der Waals surface area contributed by atoms with E-state index < -0.39 is 0 Å². The number of carbonyl (C=O) groups is 1. The Hall–Kier alpha value is -2.81. The molecule has 1 N–H and O–H groups in total. The predicted molar refractivity (Wildman–Crippen MR) is 86.5 cm³/mol. The van der Waals surface area contributed by atoms with Gasteiger partial charge in [-0.3, -0.25) is 4.79 Å². The summed E-state index contributed by atoms with van der Waals surface area (Å²) in [5, 5.41) is 2.94. The Morgan fingerprint density at radius 3 is 2.45 bits per heavy atom. The molecule has 0 spiro atoms. The fourth-order valence-electron chi connectivity index (χ4n) is 2.36. The van der Waals surface area contributed by atoms with Crippen LogP contribution in [0, 0.1) is 0 Å². The predicted octanol–water partition coefficient (Wildman–Crippen LogP) is 4.44. The molecule has 1 aromatic heterocycles. The van der Waals surface area contributed by atoms with Gasteiger partial charge in [0.25, 0.3) is 5.91 Å². The second kappa shape index (κ2) is 6.31. The minimum Gasteiger partial charge on any atom is -0.467 e. The van der Waals surface area contributed by atoms with Crippen LogP contribution < -0.4 is 5.32 Å². The van der Waals surface area contributed by atoms with Gasteiger partial charge in [-0.1, -0.05) is 42.5 Å². The van der Waals surface area contributed by atoms with E-state index in [1.807, 2.05) is 73.7 Å². The highest BCUT2D eigenvalue weighted by Gasteiger charge is 2.13. The van der Waals surface area contributed by atoms with Gasteiger partial charge in [0.2, 0.25) is 0 Å². The molecule has 3 aromatic rings. The van der Waals surface area contributed by atoms with Crippen molar-refractivity contribution in [2.24, 2.45) is 0 Å². The molecule has 0 radical (unpaired) electrons. The number of amides is 1. The zero-order valence-electron chi connectivity index (χ0n) is 12.3. The molecule has 0 aliphatic rings. The van der Waals surface area contributed by atoms with Crippen LogP contribution >= 0.6 is 0 Å². The van der Waals surface area contributed by atoms with Gasteiger partial charge in [-0.05, 0) is 42.3 Å². The molecule has 3 heteroatoms. The first-order valence-corrected chi connectivity index (χ1v) is 7.24. The van der Waals surface area contributed by atoms with Crippen molar-refractivity contribution in [3.05, 3.63) is 84.3 Å². The second-order valence-corrected chi connectivity index (χ2v) is 5.16. The number of carbonyl (C=O) groups excluding carboxylic acids is 1. The highest BCUT2D eigenvalue weighted by Crippen LogP contribution is 2.20. The van der Waals surface area contributed by atoms with Crippen LogP contribution in [0.5, 0.6) is 0 Å². The summed E-state index contributed by atoms with van der Waals surface area (Å²) < 4.78 is 5.31. The first-order valence-electron chi connectivity index (χ1n) is 7.24. The number of furan rings is 1. The average Bonchev–Trinajstić information content (AvgIpc) is 3.10. The molecule has 0 saturated carbocycles. The SMILES string of the molecule is CC(NC(=O)c1cccc(-c2ccccc2)c1)c1ccco1. The Balaban J connectivity index is 1.79. The third kappa shape index (κ3) is 3.09. The highest BCUT2D eigenvalue weighted by atomic mass is 16.3. The molecule has 0 aliphatic heterocycles. The lowest BCUT2D eigenvalue weighted by molar-refractivity contribution is 0.0935. The first kappa shape index (κ1) is 14.1. The van der Waals surface area contributed by atoms with E-state index in [0.717, 1.165) is 16.9 Å². The molecule has 0 bridgehead atoms. The van der Waals surface area contributed by atoms with Crippen molar-refractivity contribution in [3.63, 3.8) is 0 Å². The van der Waals surface area contributed by atoms with E-state index in [9.17, 15) is 4.79 Å². The zero-order valence-corrected chi connectivity index (χ0v) is 12.3. The Kier molecular flexibility index (Phi) is 4.05. The summed E-state index contributed by atoms with van der Waals surface area (Å²) in [6.07, 6.45) is 1.61. The minimum atomic E-state index is -0.164. The maximum atomic E-state index is 12.4. The number of hydrogen-bond acceptors (Lipinski definition) is 2. The molecule has 1 atom stereocenters. The van der Waals surface area contributed by atoms with Crippen molar-refractivity contribution in [1.29, 1.82) is 0 Å². The average molecular weight is 291 g/mol. The molecule has 3 nitrogen and oxygen atoms in total. The van der Waals surface area contributed by atoms with Crippen LogP contribution in [0.3, 0.4) is 0 Å². The third-order valence-corrected chi connectivity index (χ3v) is 3.55. The summed E-state index contributed by atoms with van der Waals surface area (Å²) in [4.78, 5) is 12.4. The van der Waals surface area contributed by atoms with Crippen molar-refractivity contribution in [3.8, 4) is 11.1 Å². The molecule has 110 valence electrons. The normalized spacial score (nSPS) is 11.9. The lowest BCUT2D eigenvalue weighted by Crippen LogP contribution is -2.26. The quantitative estimate of drug-likeness (QED) is 0.772. The van der Waals surface area contributed by atoms with Gasteiger partial charge in [-0.15, -0.1) is 0 Å². The molecule has 0 aliphatic carbocycles. The van der Waals surface area contributed by atoms with Gasteiger partial charge in [0.1, 0.15) is 5.76 Å². The van der Waals surface area contributed by atoms with Crippen molar-refractivity contribution in [1.82, 2.24) is 5.32 Å². The van der Waals surface area contributed by atoms with Gasteiger partial charge in [0.15, 0.2) is 0 Å². The highest BCUT2D eigenvalue weighted by molar-refractivity contribution is 5.95.